The van der Waals surface area contributed by atoms with Gasteiger partial charge in [-0.05, 0) is 12.1 Å². The minimum Gasteiger partial charge on any atom is -0.448 e. The van der Waals surface area contributed by atoms with Crippen molar-refractivity contribution in [2.75, 3.05) is 14.2 Å². The fourth-order valence-corrected chi connectivity index (χ4v) is 0.954. The molecule has 1 N–H and O–H groups in total. The smallest absolute Gasteiger partial charge is 0.367 e. The highest BCUT2D eigenvalue weighted by Gasteiger charge is 2.05. The summed E-state index contributed by atoms with van der Waals surface area (Å²) < 4.78 is 5.09. The molecule has 0 aliphatic carbocycles. The van der Waals surface area contributed by atoms with Crippen LogP contribution in [0.4, 0.5) is 0 Å². The molecule has 0 unspecified atom stereocenters. The second kappa shape index (κ2) is 3.76. The number of hydrogen-bond acceptors (Lipinski definition) is 1. The predicted molar refractivity (Wildman–Crippen MR) is 44.4 cm³/mol. The molecule has 0 amide bonds. The summed E-state index contributed by atoms with van der Waals surface area (Å²) in [6, 6.07) is 9.93. The Hall–Kier alpha value is -1.31. The third-order valence-electron chi connectivity index (χ3n) is 1.47. The van der Waals surface area contributed by atoms with Gasteiger partial charge in [-0.25, -0.2) is 4.99 Å². The van der Waals surface area contributed by atoms with Crippen molar-refractivity contribution < 1.29 is 9.73 Å². The summed E-state index contributed by atoms with van der Waals surface area (Å²) in [5, 5.41) is 0. The van der Waals surface area contributed by atoms with Crippen LogP contribution >= 0.6 is 0 Å². The van der Waals surface area contributed by atoms with Gasteiger partial charge in [0.15, 0.2) is 0 Å². The van der Waals surface area contributed by atoms with Gasteiger partial charge in [-0.3, -0.25) is 0 Å². The van der Waals surface area contributed by atoms with Gasteiger partial charge in [-0.1, -0.05) is 18.2 Å². The second-order valence-electron chi connectivity index (χ2n) is 2.15. The zero-order valence-electron chi connectivity index (χ0n) is 6.79. The van der Waals surface area contributed by atoms with E-state index in [1.807, 2.05) is 37.4 Å². The lowest BCUT2D eigenvalue weighted by atomic mass is 10.2. The maximum atomic E-state index is 5.09. The lowest BCUT2D eigenvalue weighted by Crippen LogP contribution is -2.68. The molecule has 58 valence electrons. The normalized spacial score (nSPS) is 11.3. The fourth-order valence-electron chi connectivity index (χ4n) is 0.954. The maximum Gasteiger partial charge on any atom is 0.367 e. The Labute approximate surface area is 66.5 Å². The Morgan fingerprint density at radius 2 is 1.91 bits per heavy atom. The molecule has 1 aromatic rings. The Kier molecular flexibility index (Phi) is 2.66. The zero-order chi connectivity index (χ0) is 8.10. The highest BCUT2D eigenvalue weighted by molar-refractivity contribution is 5.89. The molecule has 0 saturated carbocycles. The van der Waals surface area contributed by atoms with Crippen molar-refractivity contribution in [3.05, 3.63) is 35.9 Å². The van der Waals surface area contributed by atoms with Crippen molar-refractivity contribution in [1.82, 2.24) is 0 Å². The van der Waals surface area contributed by atoms with Gasteiger partial charge >= 0.3 is 5.90 Å². The van der Waals surface area contributed by atoms with Crippen molar-refractivity contribution in [2.45, 2.75) is 0 Å². The minimum atomic E-state index is 0.797. The topological polar surface area (TPSA) is 23.2 Å². The molecule has 2 nitrogen and oxygen atoms in total. The molecule has 0 atom stereocenters. The standard InChI is InChI=1S/C9H11NO/c1-10-9(11-2)8-6-4-3-5-7-8/h3-7H,1-2H3/p+1. The van der Waals surface area contributed by atoms with Crippen LogP contribution < -0.4 is 4.99 Å². The van der Waals surface area contributed by atoms with E-state index >= 15 is 0 Å². The molecule has 0 heterocycles. The van der Waals surface area contributed by atoms with Gasteiger partial charge in [0, 0.05) is 0 Å². The van der Waals surface area contributed by atoms with Crippen molar-refractivity contribution in [2.24, 2.45) is 0 Å². The van der Waals surface area contributed by atoms with Crippen LogP contribution in [0.3, 0.4) is 0 Å². The third-order valence-corrected chi connectivity index (χ3v) is 1.47. The Morgan fingerprint density at radius 3 is 2.36 bits per heavy atom. The molecular weight excluding hydrogens is 138 g/mol. The first-order chi connectivity index (χ1) is 5.38. The summed E-state index contributed by atoms with van der Waals surface area (Å²) in [7, 11) is 3.49. The van der Waals surface area contributed by atoms with Crippen LogP contribution in [0.5, 0.6) is 0 Å². The molecule has 0 radical (unpaired) electrons. The summed E-state index contributed by atoms with van der Waals surface area (Å²) in [5.41, 5.74) is 1.07. The molecule has 0 saturated heterocycles. The van der Waals surface area contributed by atoms with Gasteiger partial charge in [0.1, 0.15) is 7.05 Å². The largest absolute Gasteiger partial charge is 0.448 e. The Balaban J connectivity index is 2.92. The van der Waals surface area contributed by atoms with Gasteiger partial charge in [0.25, 0.3) is 0 Å². The lowest BCUT2D eigenvalue weighted by Gasteiger charge is -1.96. The van der Waals surface area contributed by atoms with E-state index < -0.39 is 0 Å². The molecule has 0 aromatic heterocycles. The quantitative estimate of drug-likeness (QED) is 0.434. The first-order valence-corrected chi connectivity index (χ1v) is 3.52. The van der Waals surface area contributed by atoms with Crippen molar-refractivity contribution in [1.29, 1.82) is 0 Å². The van der Waals surface area contributed by atoms with Crippen molar-refractivity contribution >= 4 is 5.90 Å². The van der Waals surface area contributed by atoms with Gasteiger partial charge in [0.2, 0.25) is 0 Å². The zero-order valence-corrected chi connectivity index (χ0v) is 6.79. The van der Waals surface area contributed by atoms with E-state index in [1.54, 1.807) is 7.11 Å². The van der Waals surface area contributed by atoms with E-state index in [-0.39, 0.29) is 0 Å². The fraction of sp³-hybridized carbons (Fsp3) is 0.222. The van der Waals surface area contributed by atoms with Gasteiger partial charge in [-0.15, -0.1) is 0 Å². The highest BCUT2D eigenvalue weighted by Crippen LogP contribution is 1.97. The predicted octanol–water partition coefficient (Wildman–Crippen LogP) is -0.210. The van der Waals surface area contributed by atoms with Gasteiger partial charge < -0.3 is 4.74 Å². The van der Waals surface area contributed by atoms with E-state index in [0.29, 0.717) is 0 Å². The Bertz CT molecular complexity index is 241. The first-order valence-electron chi connectivity index (χ1n) is 3.52. The van der Waals surface area contributed by atoms with Gasteiger partial charge in [0.05, 0.1) is 12.7 Å². The molecule has 0 aliphatic heterocycles. The van der Waals surface area contributed by atoms with E-state index in [1.165, 1.54) is 0 Å². The number of rotatable bonds is 1. The van der Waals surface area contributed by atoms with E-state index in [9.17, 15) is 0 Å². The van der Waals surface area contributed by atoms with Crippen LogP contribution in [0.1, 0.15) is 5.56 Å². The SMILES string of the molecule is C[NH+]=C(OC)c1ccccc1. The molecule has 0 spiro atoms. The molecular formula is C9H12NO+. The average molecular weight is 150 g/mol. The van der Waals surface area contributed by atoms with Crippen LogP contribution in [-0.4, -0.2) is 20.1 Å². The molecule has 0 aliphatic rings. The monoisotopic (exact) mass is 150 g/mol. The molecule has 0 fully saturated rings. The van der Waals surface area contributed by atoms with E-state index in [4.69, 9.17) is 4.74 Å². The second-order valence-corrected chi connectivity index (χ2v) is 2.15. The van der Waals surface area contributed by atoms with Crippen molar-refractivity contribution in [3.8, 4) is 0 Å². The summed E-state index contributed by atoms with van der Waals surface area (Å²) in [6.45, 7) is 0. The van der Waals surface area contributed by atoms with Crippen LogP contribution in [0, 0.1) is 0 Å². The first kappa shape index (κ1) is 7.79. The average Bonchev–Trinajstić information content (AvgIpc) is 2.09. The van der Waals surface area contributed by atoms with Crippen LogP contribution in [-0.2, 0) is 4.74 Å². The third kappa shape index (κ3) is 1.80. The van der Waals surface area contributed by atoms with Crippen LogP contribution in [0.25, 0.3) is 0 Å². The molecule has 11 heavy (non-hydrogen) atoms. The summed E-state index contributed by atoms with van der Waals surface area (Å²) >= 11 is 0. The van der Waals surface area contributed by atoms with E-state index in [0.717, 1.165) is 11.5 Å². The Morgan fingerprint density at radius 1 is 1.27 bits per heavy atom. The maximum absolute atomic E-state index is 5.09. The summed E-state index contributed by atoms with van der Waals surface area (Å²) in [4.78, 5) is 2.96. The number of methoxy groups -OCH3 is 1. The highest BCUT2D eigenvalue weighted by atomic mass is 16.5. The molecule has 0 bridgehead atoms. The number of hydrogen-bond donors (Lipinski definition) is 1. The van der Waals surface area contributed by atoms with Crippen LogP contribution in [0.15, 0.2) is 30.3 Å². The van der Waals surface area contributed by atoms with Crippen molar-refractivity contribution in [3.63, 3.8) is 0 Å². The summed E-state index contributed by atoms with van der Waals surface area (Å²) in [5.74, 6) is 0.797. The van der Waals surface area contributed by atoms with Gasteiger partial charge in [-0.2, -0.15) is 0 Å². The van der Waals surface area contributed by atoms with E-state index in [2.05, 4.69) is 4.99 Å². The number of nitrogens with one attached hydrogen (secondary N) is 1. The number of benzene rings is 1. The number of ether oxygens (including phenoxy) is 1. The molecule has 1 rings (SSSR count). The van der Waals surface area contributed by atoms with Crippen LogP contribution in [0.2, 0.25) is 0 Å². The minimum absolute atomic E-state index is 0.797. The molecule has 2 heteroatoms. The lowest BCUT2D eigenvalue weighted by molar-refractivity contribution is -0.430. The summed E-state index contributed by atoms with van der Waals surface area (Å²) in [6.07, 6.45) is 0. The molecule has 1 aromatic carbocycles.